The zero-order valence-corrected chi connectivity index (χ0v) is 18.2. The van der Waals surface area contributed by atoms with E-state index in [9.17, 15) is 0 Å². The maximum atomic E-state index is 6.14. The molecule has 2 N–H and O–H groups in total. The number of hydrogen-bond acceptors (Lipinski definition) is 4. The maximum absolute atomic E-state index is 6.14. The third kappa shape index (κ3) is 4.17. The van der Waals surface area contributed by atoms with Crippen LogP contribution in [-0.2, 0) is 23.3 Å². The molecule has 1 atom stereocenters. The quantitative estimate of drug-likeness (QED) is 0.474. The van der Waals surface area contributed by atoms with E-state index in [1.54, 1.807) is 0 Å². The second-order valence-electron chi connectivity index (χ2n) is 9.18. The van der Waals surface area contributed by atoms with Gasteiger partial charge in [-0.05, 0) is 28.5 Å². The third-order valence-corrected chi connectivity index (χ3v) is 5.48. The first kappa shape index (κ1) is 20.4. The predicted molar refractivity (Wildman–Crippen MR) is 123 cm³/mol. The topological polar surface area (TPSA) is 66.0 Å². The maximum Gasteiger partial charge on any atom is 0.152 e. The van der Waals surface area contributed by atoms with E-state index in [1.807, 2.05) is 24.5 Å². The number of para-hydroxylation sites is 1. The number of ether oxygens (including phenoxy) is 1. The lowest BCUT2D eigenvalue weighted by atomic mass is 9.87. The van der Waals surface area contributed by atoms with E-state index in [2.05, 4.69) is 72.6 Å². The van der Waals surface area contributed by atoms with E-state index in [1.165, 1.54) is 11.1 Å². The Labute approximate surface area is 177 Å². The molecule has 30 heavy (non-hydrogen) atoms. The number of aromatic nitrogens is 3. The van der Waals surface area contributed by atoms with Gasteiger partial charge in [0.1, 0.15) is 5.52 Å². The molecular formula is C25H30N4O. The summed E-state index contributed by atoms with van der Waals surface area (Å²) < 4.78 is 8.18. The highest BCUT2D eigenvalue weighted by Crippen LogP contribution is 2.27. The predicted octanol–water partition coefficient (Wildman–Crippen LogP) is 5.32. The number of benzene rings is 2. The van der Waals surface area contributed by atoms with Crippen molar-refractivity contribution in [2.45, 2.75) is 46.3 Å². The normalized spacial score (nSPS) is 13.2. The number of anilines is 1. The van der Waals surface area contributed by atoms with Crippen LogP contribution in [0.5, 0.6) is 0 Å². The molecule has 156 valence electrons. The van der Waals surface area contributed by atoms with Crippen LogP contribution < -0.4 is 5.73 Å². The van der Waals surface area contributed by atoms with E-state index in [-0.39, 0.29) is 5.41 Å². The molecule has 2 aromatic heterocycles. The van der Waals surface area contributed by atoms with Crippen molar-refractivity contribution in [2.75, 3.05) is 12.3 Å². The number of nitrogens with two attached hydrogens (primary N) is 1. The van der Waals surface area contributed by atoms with Gasteiger partial charge in [-0.15, -0.1) is 0 Å². The molecule has 0 unspecified atom stereocenters. The summed E-state index contributed by atoms with van der Waals surface area (Å²) in [6, 6.07) is 16.8. The average molecular weight is 403 g/mol. The van der Waals surface area contributed by atoms with Gasteiger partial charge in [0.2, 0.25) is 0 Å². The van der Waals surface area contributed by atoms with Crippen molar-refractivity contribution in [3.63, 3.8) is 0 Å². The van der Waals surface area contributed by atoms with Crippen molar-refractivity contribution in [2.24, 2.45) is 5.92 Å². The van der Waals surface area contributed by atoms with Gasteiger partial charge in [-0.25, -0.2) is 9.97 Å². The molecule has 0 spiro atoms. The van der Waals surface area contributed by atoms with Crippen LogP contribution in [0.25, 0.3) is 21.9 Å². The lowest BCUT2D eigenvalue weighted by Crippen LogP contribution is -2.13. The van der Waals surface area contributed by atoms with E-state index in [0.29, 0.717) is 24.9 Å². The number of nitrogens with zero attached hydrogens (tertiary/aromatic N) is 3. The van der Waals surface area contributed by atoms with Crippen LogP contribution in [0.2, 0.25) is 0 Å². The number of rotatable bonds is 6. The van der Waals surface area contributed by atoms with Crippen molar-refractivity contribution < 1.29 is 4.74 Å². The molecule has 0 radical (unpaired) electrons. The van der Waals surface area contributed by atoms with E-state index < -0.39 is 0 Å². The Bertz CT molecular complexity index is 1160. The molecule has 2 heterocycles. The molecule has 5 nitrogen and oxygen atoms in total. The minimum absolute atomic E-state index is 0.171. The number of nitrogen functional groups attached to an aromatic ring is 1. The fraction of sp³-hybridized carbons (Fsp3) is 0.360. The lowest BCUT2D eigenvalue weighted by Gasteiger charge is -2.19. The summed E-state index contributed by atoms with van der Waals surface area (Å²) in [4.78, 5) is 8.99. The summed E-state index contributed by atoms with van der Waals surface area (Å²) in [5, 5.41) is 1.08. The van der Waals surface area contributed by atoms with Crippen molar-refractivity contribution in [1.82, 2.24) is 14.5 Å². The molecule has 0 amide bonds. The Morgan fingerprint density at radius 2 is 1.80 bits per heavy atom. The van der Waals surface area contributed by atoms with Crippen molar-refractivity contribution in [3.8, 4) is 0 Å². The molecular weight excluding hydrogens is 372 g/mol. The second-order valence-corrected chi connectivity index (χ2v) is 9.18. The summed E-state index contributed by atoms with van der Waals surface area (Å²) in [6.07, 6.45) is 1.86. The Kier molecular flexibility index (Phi) is 5.48. The van der Waals surface area contributed by atoms with Gasteiger partial charge in [0.15, 0.2) is 5.82 Å². The highest BCUT2D eigenvalue weighted by Gasteiger charge is 2.15. The van der Waals surface area contributed by atoms with Crippen LogP contribution in [0.15, 0.2) is 54.9 Å². The first-order valence-electron chi connectivity index (χ1n) is 10.5. The second kappa shape index (κ2) is 8.07. The molecule has 0 saturated heterocycles. The molecule has 0 aliphatic heterocycles. The zero-order valence-electron chi connectivity index (χ0n) is 18.2. The fourth-order valence-electron chi connectivity index (χ4n) is 3.81. The number of imidazole rings is 1. The van der Waals surface area contributed by atoms with Crippen LogP contribution in [0.1, 0.15) is 38.8 Å². The summed E-state index contributed by atoms with van der Waals surface area (Å²) >= 11 is 0. The molecule has 0 saturated carbocycles. The molecule has 0 bridgehead atoms. The molecule has 4 rings (SSSR count). The summed E-state index contributed by atoms with van der Waals surface area (Å²) in [5.74, 6) is 0.814. The van der Waals surface area contributed by atoms with Gasteiger partial charge < -0.3 is 15.0 Å². The molecule has 2 aromatic carbocycles. The van der Waals surface area contributed by atoms with E-state index in [0.717, 1.165) is 28.5 Å². The van der Waals surface area contributed by atoms with Crippen LogP contribution in [-0.4, -0.2) is 21.1 Å². The monoisotopic (exact) mass is 402 g/mol. The van der Waals surface area contributed by atoms with E-state index >= 15 is 0 Å². The smallest absolute Gasteiger partial charge is 0.152 e. The van der Waals surface area contributed by atoms with E-state index in [4.69, 9.17) is 10.5 Å². The van der Waals surface area contributed by atoms with Gasteiger partial charge in [0.05, 0.1) is 30.6 Å². The molecule has 0 aliphatic rings. The minimum Gasteiger partial charge on any atom is -0.382 e. The van der Waals surface area contributed by atoms with Gasteiger partial charge in [0, 0.05) is 11.9 Å². The number of fused-ring (bicyclic) bond motifs is 3. The van der Waals surface area contributed by atoms with Gasteiger partial charge in [-0.2, -0.15) is 0 Å². The number of hydrogen-bond donors (Lipinski definition) is 1. The Hall–Kier alpha value is -2.92. The van der Waals surface area contributed by atoms with Crippen LogP contribution in [0.4, 0.5) is 5.82 Å². The average Bonchev–Trinajstić information content (AvgIpc) is 3.12. The zero-order chi connectivity index (χ0) is 21.3. The molecule has 4 aromatic rings. The van der Waals surface area contributed by atoms with Crippen molar-refractivity contribution in [3.05, 3.63) is 66.0 Å². The van der Waals surface area contributed by atoms with Crippen LogP contribution in [0.3, 0.4) is 0 Å². The molecule has 0 fully saturated rings. The molecule has 5 heteroatoms. The van der Waals surface area contributed by atoms with Gasteiger partial charge in [0.25, 0.3) is 0 Å². The summed E-state index contributed by atoms with van der Waals surface area (Å²) in [6.45, 7) is 11.0. The van der Waals surface area contributed by atoms with Crippen molar-refractivity contribution in [1.29, 1.82) is 0 Å². The Morgan fingerprint density at radius 3 is 2.53 bits per heavy atom. The summed E-state index contributed by atoms with van der Waals surface area (Å²) in [5.41, 5.74) is 11.6. The van der Waals surface area contributed by atoms with Crippen LogP contribution >= 0.6 is 0 Å². The van der Waals surface area contributed by atoms with Gasteiger partial charge >= 0.3 is 0 Å². The first-order valence-corrected chi connectivity index (χ1v) is 10.5. The fourth-order valence-corrected chi connectivity index (χ4v) is 3.81. The Balaban J connectivity index is 1.42. The van der Waals surface area contributed by atoms with Gasteiger partial charge in [-0.1, -0.05) is 70.2 Å². The highest BCUT2D eigenvalue weighted by molar-refractivity contribution is 6.06. The minimum atomic E-state index is 0.171. The third-order valence-electron chi connectivity index (χ3n) is 5.48. The molecule has 0 aliphatic carbocycles. The standard InChI is InChI=1S/C25H30N4O/c1-17(14-30-15-18-9-11-19(12-10-18)25(2,3)4)13-29-16-27-22-23(29)20-7-5-6-8-21(20)28-24(22)26/h5-12,16-17H,13-15H2,1-4H3,(H2,26,28)/t17-/m1/s1. The van der Waals surface area contributed by atoms with Crippen LogP contribution in [0, 0.1) is 5.92 Å². The highest BCUT2D eigenvalue weighted by atomic mass is 16.5. The van der Waals surface area contributed by atoms with Gasteiger partial charge in [-0.3, -0.25) is 0 Å². The SMILES string of the molecule is C[C@@H](COCc1ccc(C(C)(C)C)cc1)Cn1cnc2c(N)nc3ccccc3c21. The Morgan fingerprint density at radius 1 is 1.07 bits per heavy atom. The van der Waals surface area contributed by atoms with Crippen molar-refractivity contribution >= 4 is 27.8 Å². The first-order chi connectivity index (χ1) is 14.3. The largest absolute Gasteiger partial charge is 0.382 e. The number of pyridine rings is 1. The summed E-state index contributed by atoms with van der Waals surface area (Å²) in [7, 11) is 0. The lowest BCUT2D eigenvalue weighted by molar-refractivity contribution is 0.0872.